The van der Waals surface area contributed by atoms with Gasteiger partial charge in [0.15, 0.2) is 5.17 Å². The van der Waals surface area contributed by atoms with Crippen LogP contribution >= 0.6 is 23.4 Å². The summed E-state index contributed by atoms with van der Waals surface area (Å²) in [6, 6.07) is 26.2. The Labute approximate surface area is 206 Å². The summed E-state index contributed by atoms with van der Waals surface area (Å²) in [5.74, 6) is -0.481. The van der Waals surface area contributed by atoms with Gasteiger partial charge < -0.3 is 0 Å². The number of thioether (sulfide) groups is 1. The lowest BCUT2D eigenvalue weighted by Crippen LogP contribution is -2.34. The summed E-state index contributed by atoms with van der Waals surface area (Å²) < 4.78 is 29.2. The monoisotopic (exact) mass is 504 g/mol. The van der Waals surface area contributed by atoms with Crippen LogP contribution in [-0.2, 0) is 10.0 Å². The first-order valence-corrected chi connectivity index (χ1v) is 13.3. The molecule has 1 aliphatic carbocycles. The first-order valence-electron chi connectivity index (χ1n) is 10.6. The molecule has 0 saturated carbocycles. The Hall–Kier alpha value is -3.13. The minimum atomic E-state index is -4.03. The largest absolute Gasteiger partial charge is 0.279 e. The molecule has 0 N–H and O–H groups in total. The molecule has 0 bridgehead atoms. The average Bonchev–Trinajstić information content (AvgIpc) is 3.37. The molecular weight excluding hydrogens is 488 g/mol. The summed E-state index contributed by atoms with van der Waals surface area (Å²) >= 11 is 7.33. The van der Waals surface area contributed by atoms with Crippen molar-refractivity contribution < 1.29 is 13.2 Å². The Morgan fingerprint density at radius 2 is 1.53 bits per heavy atom. The van der Waals surface area contributed by atoms with Gasteiger partial charge in [0.1, 0.15) is 0 Å². The van der Waals surface area contributed by atoms with Crippen molar-refractivity contribution in [2.75, 3.05) is 0 Å². The number of halogens is 1. The van der Waals surface area contributed by atoms with Crippen LogP contribution in [0.15, 0.2) is 101 Å². The Balaban J connectivity index is 1.54. The molecule has 1 saturated heterocycles. The van der Waals surface area contributed by atoms with Gasteiger partial charge in [-0.2, -0.15) is 4.99 Å². The fraction of sp³-hybridized carbons (Fsp3) is 0.0769. The minimum Gasteiger partial charge on any atom is -0.267 e. The molecule has 0 unspecified atom stereocenters. The number of carbonyl (C=O) groups excluding carboxylic acids is 1. The maximum absolute atomic E-state index is 14.0. The van der Waals surface area contributed by atoms with Crippen molar-refractivity contribution in [1.29, 1.82) is 0 Å². The molecule has 2 atom stereocenters. The molecule has 2 aliphatic rings. The molecule has 5 nitrogen and oxygen atoms in total. The fourth-order valence-corrected chi connectivity index (χ4v) is 8.07. The first kappa shape index (κ1) is 21.4. The summed E-state index contributed by atoms with van der Waals surface area (Å²) in [7, 11) is -4.03. The van der Waals surface area contributed by atoms with Gasteiger partial charge in [0.2, 0.25) is 0 Å². The van der Waals surface area contributed by atoms with E-state index >= 15 is 0 Å². The Morgan fingerprint density at radius 3 is 2.24 bits per heavy atom. The lowest BCUT2D eigenvalue weighted by atomic mass is 10.0. The summed E-state index contributed by atoms with van der Waals surface area (Å²) in [5, 5.41) is 2.54. The number of amides is 1. The number of aliphatic imine (C=N–C) groups is 1. The molecule has 0 aromatic heterocycles. The normalized spacial score (nSPS) is 20.1. The van der Waals surface area contributed by atoms with Crippen LogP contribution < -0.4 is 0 Å². The van der Waals surface area contributed by atoms with Crippen molar-refractivity contribution in [2.24, 2.45) is 4.99 Å². The molecule has 6 rings (SSSR count). The van der Waals surface area contributed by atoms with E-state index in [0.29, 0.717) is 10.6 Å². The Kier molecular flexibility index (Phi) is 5.02. The zero-order valence-corrected chi connectivity index (χ0v) is 20.0. The number of sulfonamides is 1. The first-order chi connectivity index (χ1) is 16.4. The Bertz CT molecular complexity index is 1580. The highest BCUT2D eigenvalue weighted by Gasteiger charge is 2.51. The number of fused-ring (bicyclic) bond motifs is 3. The number of amidine groups is 1. The standard InChI is InChI=1S/C26H17ClN2O3S2/c27-18-12-14-19(15-13-18)34(31,32)29-23-20-10-4-8-16-9-5-11-21(22(16)20)24(23)33-26(29)28-25(30)17-6-2-1-3-7-17/h1-15,23-24H/t23-,24+/m1/s1. The van der Waals surface area contributed by atoms with Crippen LogP contribution in [0.4, 0.5) is 0 Å². The van der Waals surface area contributed by atoms with Crippen molar-refractivity contribution in [1.82, 2.24) is 4.31 Å². The second-order valence-corrected chi connectivity index (χ2v) is 11.5. The number of rotatable bonds is 3. The molecule has 1 amide bonds. The smallest absolute Gasteiger partial charge is 0.267 e. The van der Waals surface area contributed by atoms with Crippen LogP contribution in [0.1, 0.15) is 32.8 Å². The fourth-order valence-electron chi connectivity index (χ4n) is 4.66. The van der Waals surface area contributed by atoms with Gasteiger partial charge in [0, 0.05) is 10.6 Å². The van der Waals surface area contributed by atoms with E-state index in [4.69, 9.17) is 11.6 Å². The van der Waals surface area contributed by atoms with E-state index in [9.17, 15) is 13.2 Å². The van der Waals surface area contributed by atoms with Crippen LogP contribution in [0.3, 0.4) is 0 Å². The molecule has 1 fully saturated rings. The van der Waals surface area contributed by atoms with Gasteiger partial charge in [-0.25, -0.2) is 12.7 Å². The highest BCUT2D eigenvalue weighted by Crippen LogP contribution is 2.60. The third kappa shape index (κ3) is 3.27. The topological polar surface area (TPSA) is 66.8 Å². The highest BCUT2D eigenvalue weighted by atomic mass is 35.5. The molecule has 4 aromatic rings. The molecule has 168 valence electrons. The number of carbonyl (C=O) groups is 1. The molecule has 4 aromatic carbocycles. The molecule has 34 heavy (non-hydrogen) atoms. The number of nitrogens with zero attached hydrogens (tertiary/aromatic N) is 2. The van der Waals surface area contributed by atoms with Crippen LogP contribution in [-0.4, -0.2) is 23.8 Å². The lowest BCUT2D eigenvalue weighted by molar-refractivity contribution is 0.100. The van der Waals surface area contributed by atoms with E-state index in [1.54, 1.807) is 36.4 Å². The van der Waals surface area contributed by atoms with Gasteiger partial charge in [0.25, 0.3) is 15.9 Å². The zero-order chi connectivity index (χ0) is 23.4. The van der Waals surface area contributed by atoms with E-state index in [0.717, 1.165) is 21.9 Å². The van der Waals surface area contributed by atoms with E-state index in [1.807, 2.05) is 42.5 Å². The van der Waals surface area contributed by atoms with Crippen molar-refractivity contribution in [3.05, 3.63) is 113 Å². The maximum atomic E-state index is 14.0. The Morgan fingerprint density at radius 1 is 0.853 bits per heavy atom. The average molecular weight is 505 g/mol. The second kappa shape index (κ2) is 7.98. The van der Waals surface area contributed by atoms with Crippen molar-refractivity contribution in [3.8, 4) is 0 Å². The quantitative estimate of drug-likeness (QED) is 0.332. The third-order valence-electron chi connectivity index (χ3n) is 6.14. The van der Waals surface area contributed by atoms with Crippen LogP contribution in [0.5, 0.6) is 0 Å². The summed E-state index contributed by atoms with van der Waals surface area (Å²) in [4.78, 5) is 17.4. The van der Waals surface area contributed by atoms with Gasteiger partial charge in [-0.05, 0) is 58.3 Å². The highest BCUT2D eigenvalue weighted by molar-refractivity contribution is 8.15. The lowest BCUT2D eigenvalue weighted by Gasteiger charge is -2.25. The van der Waals surface area contributed by atoms with Gasteiger partial charge >= 0.3 is 0 Å². The zero-order valence-electron chi connectivity index (χ0n) is 17.6. The maximum Gasteiger partial charge on any atom is 0.279 e. The minimum absolute atomic E-state index is 0.0983. The predicted molar refractivity (Wildman–Crippen MR) is 136 cm³/mol. The van der Waals surface area contributed by atoms with Gasteiger partial charge in [-0.1, -0.05) is 78.0 Å². The number of hydrogen-bond donors (Lipinski definition) is 0. The van der Waals surface area contributed by atoms with Crippen molar-refractivity contribution in [3.63, 3.8) is 0 Å². The van der Waals surface area contributed by atoms with E-state index in [-0.39, 0.29) is 15.3 Å². The SMILES string of the molecule is O=C(N=C1S[C@H]2c3cccc4cccc(c34)[C@H]2N1S(=O)(=O)c1ccc(Cl)cc1)c1ccccc1. The third-order valence-corrected chi connectivity index (χ3v) is 9.56. The molecular formula is C26H17ClN2O3S2. The van der Waals surface area contributed by atoms with Gasteiger partial charge in [-0.15, -0.1) is 0 Å². The molecule has 0 spiro atoms. The number of benzene rings is 4. The van der Waals surface area contributed by atoms with Crippen molar-refractivity contribution >= 4 is 55.2 Å². The molecule has 1 aliphatic heterocycles. The van der Waals surface area contributed by atoms with Crippen LogP contribution in [0, 0.1) is 0 Å². The van der Waals surface area contributed by atoms with E-state index < -0.39 is 22.0 Å². The van der Waals surface area contributed by atoms with Crippen molar-refractivity contribution in [2.45, 2.75) is 16.2 Å². The molecule has 0 radical (unpaired) electrons. The van der Waals surface area contributed by atoms with Gasteiger partial charge in [0.05, 0.1) is 16.2 Å². The summed E-state index contributed by atoms with van der Waals surface area (Å²) in [5.41, 5.74) is 2.37. The van der Waals surface area contributed by atoms with Crippen LogP contribution in [0.2, 0.25) is 5.02 Å². The number of hydrogen-bond acceptors (Lipinski definition) is 4. The molecule has 8 heteroatoms. The van der Waals surface area contributed by atoms with Crippen LogP contribution in [0.25, 0.3) is 10.8 Å². The summed E-state index contributed by atoms with van der Waals surface area (Å²) in [6.45, 7) is 0. The van der Waals surface area contributed by atoms with E-state index in [1.165, 1.54) is 28.2 Å². The van der Waals surface area contributed by atoms with E-state index in [2.05, 4.69) is 4.99 Å². The second-order valence-electron chi connectivity index (χ2n) is 8.10. The summed E-state index contributed by atoms with van der Waals surface area (Å²) in [6.07, 6.45) is 0. The van der Waals surface area contributed by atoms with Gasteiger partial charge in [-0.3, -0.25) is 4.79 Å². The molecule has 1 heterocycles. The predicted octanol–water partition coefficient (Wildman–Crippen LogP) is 6.22.